The maximum absolute atomic E-state index is 10.1. The van der Waals surface area contributed by atoms with Gasteiger partial charge in [0.15, 0.2) is 0 Å². The summed E-state index contributed by atoms with van der Waals surface area (Å²) in [6.07, 6.45) is 0.111. The third-order valence-electron chi connectivity index (χ3n) is 1.00. The molecule has 3 N–H and O–H groups in total. The van der Waals surface area contributed by atoms with Gasteiger partial charge in [-0.15, -0.1) is 0 Å². The highest BCUT2D eigenvalue weighted by molar-refractivity contribution is 6.33. The van der Waals surface area contributed by atoms with Crippen LogP contribution in [-0.2, 0) is 4.79 Å². The Balaban J connectivity index is 4.09. The number of halogens is 1. The summed E-state index contributed by atoms with van der Waals surface area (Å²) in [5, 5.41) is 16.5. The number of rotatable bonds is 3. The van der Waals surface area contributed by atoms with Gasteiger partial charge in [0.1, 0.15) is 0 Å². The summed E-state index contributed by atoms with van der Waals surface area (Å²) in [4.78, 5) is 8.41. The molecule has 54 valence electrons. The second kappa shape index (κ2) is 3.00. The van der Waals surface area contributed by atoms with E-state index >= 15 is 0 Å². The lowest BCUT2D eigenvalue weighted by Crippen LogP contribution is -2.44. The van der Waals surface area contributed by atoms with E-state index in [1.165, 1.54) is 5.48 Å². The minimum absolute atomic E-state index is 0.111. The van der Waals surface area contributed by atoms with Gasteiger partial charge in [-0.3, -0.25) is 0 Å². The summed E-state index contributed by atoms with van der Waals surface area (Å²) in [6.45, 7) is 1.55. The lowest BCUT2D eigenvalue weighted by molar-refractivity contribution is -0.144. The third kappa shape index (κ3) is 1.82. The zero-order chi connectivity index (χ0) is 7.49. The van der Waals surface area contributed by atoms with Crippen molar-refractivity contribution < 1.29 is 15.1 Å². The maximum Gasteiger partial charge on any atom is 0.341 e. The van der Waals surface area contributed by atoms with Crippen LogP contribution < -0.4 is 5.48 Å². The molecule has 5 heteroatoms. The van der Waals surface area contributed by atoms with Crippen LogP contribution in [0.15, 0.2) is 0 Å². The highest BCUT2D eigenvalue weighted by Gasteiger charge is 2.33. The molecule has 0 saturated heterocycles. The zero-order valence-corrected chi connectivity index (χ0v) is 5.64. The third-order valence-corrected chi connectivity index (χ3v) is 1.52. The predicted molar refractivity (Wildman–Crippen MR) is 31.4 cm³/mol. The molecule has 0 amide bonds. The zero-order valence-electron chi connectivity index (χ0n) is 4.89. The fourth-order valence-electron chi connectivity index (χ4n) is 0.278. The van der Waals surface area contributed by atoms with Crippen LogP contribution in [0.4, 0.5) is 0 Å². The van der Waals surface area contributed by atoms with Crippen LogP contribution in [0.1, 0.15) is 13.3 Å². The van der Waals surface area contributed by atoms with Crippen molar-refractivity contribution in [1.29, 1.82) is 0 Å². The Hall–Kier alpha value is -0.320. The van der Waals surface area contributed by atoms with Crippen molar-refractivity contribution in [3.63, 3.8) is 0 Å². The summed E-state index contributed by atoms with van der Waals surface area (Å²) in [5.74, 6) is -1.28. The second-order valence-electron chi connectivity index (χ2n) is 1.57. The van der Waals surface area contributed by atoms with Crippen molar-refractivity contribution in [2.24, 2.45) is 0 Å². The SMILES string of the molecule is CCC(Cl)(NO)C(=O)O. The van der Waals surface area contributed by atoms with Crippen LogP contribution in [-0.4, -0.2) is 21.3 Å². The summed E-state index contributed by atoms with van der Waals surface area (Å²) < 4.78 is 0. The Labute approximate surface area is 57.4 Å². The van der Waals surface area contributed by atoms with Gasteiger partial charge < -0.3 is 10.3 Å². The van der Waals surface area contributed by atoms with E-state index in [-0.39, 0.29) is 6.42 Å². The van der Waals surface area contributed by atoms with E-state index in [1.807, 2.05) is 0 Å². The number of hydrogen-bond donors (Lipinski definition) is 3. The summed E-state index contributed by atoms with van der Waals surface area (Å²) in [7, 11) is 0. The number of nitrogens with one attached hydrogen (secondary N) is 1. The lowest BCUT2D eigenvalue weighted by atomic mass is 10.2. The molecule has 0 spiro atoms. The number of aliphatic carboxylic acids is 1. The van der Waals surface area contributed by atoms with Gasteiger partial charge in [-0.1, -0.05) is 18.5 Å². The van der Waals surface area contributed by atoms with E-state index < -0.39 is 11.0 Å². The Morgan fingerprint density at radius 2 is 2.33 bits per heavy atom. The van der Waals surface area contributed by atoms with Gasteiger partial charge in [-0.2, -0.15) is 5.48 Å². The number of carboxylic acid groups (broad SMARTS) is 1. The Bertz CT molecular complexity index is 112. The molecule has 0 aliphatic rings. The quantitative estimate of drug-likeness (QED) is 0.312. The first-order valence-corrected chi connectivity index (χ1v) is 2.78. The van der Waals surface area contributed by atoms with Crippen molar-refractivity contribution in [2.45, 2.75) is 18.3 Å². The molecule has 0 aliphatic heterocycles. The molecule has 4 nitrogen and oxygen atoms in total. The molecule has 9 heavy (non-hydrogen) atoms. The molecule has 0 aromatic rings. The number of hydrogen-bond acceptors (Lipinski definition) is 3. The van der Waals surface area contributed by atoms with Crippen molar-refractivity contribution in [3.05, 3.63) is 0 Å². The first kappa shape index (κ1) is 8.68. The molecule has 0 rings (SSSR count). The highest BCUT2D eigenvalue weighted by Crippen LogP contribution is 2.14. The van der Waals surface area contributed by atoms with Crippen LogP contribution in [0.3, 0.4) is 0 Å². The van der Waals surface area contributed by atoms with Crippen LogP contribution in [0.2, 0.25) is 0 Å². The summed E-state index contributed by atoms with van der Waals surface area (Å²) in [5.41, 5.74) is 1.49. The molecule has 1 atom stereocenters. The van der Waals surface area contributed by atoms with E-state index in [0.29, 0.717) is 0 Å². The first-order valence-electron chi connectivity index (χ1n) is 2.40. The van der Waals surface area contributed by atoms with E-state index in [9.17, 15) is 4.79 Å². The first-order chi connectivity index (χ1) is 4.06. The van der Waals surface area contributed by atoms with E-state index in [4.69, 9.17) is 21.9 Å². The standard InChI is InChI=1S/C4H8ClNO3/c1-2-4(5,6-9)3(7)8/h6,9H,2H2,1H3,(H,7,8). The number of alkyl halides is 1. The molecule has 0 radical (unpaired) electrons. The molecule has 0 fully saturated rings. The molecule has 0 heterocycles. The highest BCUT2D eigenvalue weighted by atomic mass is 35.5. The van der Waals surface area contributed by atoms with Crippen LogP contribution in [0, 0.1) is 0 Å². The maximum atomic E-state index is 10.1. The molecule has 0 saturated carbocycles. The number of carbonyl (C=O) groups is 1. The molecular formula is C4H8ClNO3. The summed E-state index contributed by atoms with van der Waals surface area (Å²) in [6, 6.07) is 0. The Morgan fingerprint density at radius 1 is 1.89 bits per heavy atom. The number of hydroxylamine groups is 1. The molecule has 0 aliphatic carbocycles. The van der Waals surface area contributed by atoms with Gasteiger partial charge in [-0.05, 0) is 6.42 Å². The second-order valence-corrected chi connectivity index (χ2v) is 2.22. The molecule has 1 unspecified atom stereocenters. The fraction of sp³-hybridized carbons (Fsp3) is 0.750. The van der Waals surface area contributed by atoms with Gasteiger partial charge in [-0.25, -0.2) is 4.79 Å². The normalized spacial score (nSPS) is 16.8. The minimum Gasteiger partial charge on any atom is -0.479 e. The van der Waals surface area contributed by atoms with Gasteiger partial charge >= 0.3 is 5.97 Å². The Kier molecular flexibility index (Phi) is 2.90. The van der Waals surface area contributed by atoms with Gasteiger partial charge in [0.25, 0.3) is 0 Å². The monoisotopic (exact) mass is 153 g/mol. The van der Waals surface area contributed by atoms with Crippen molar-refractivity contribution in [1.82, 2.24) is 5.48 Å². The van der Waals surface area contributed by atoms with Crippen molar-refractivity contribution in [3.8, 4) is 0 Å². The average Bonchev–Trinajstić information content (AvgIpc) is 1.86. The van der Waals surface area contributed by atoms with Crippen LogP contribution >= 0.6 is 11.6 Å². The van der Waals surface area contributed by atoms with E-state index in [2.05, 4.69) is 0 Å². The Morgan fingerprint density at radius 3 is 2.33 bits per heavy atom. The van der Waals surface area contributed by atoms with Crippen LogP contribution in [0.25, 0.3) is 0 Å². The predicted octanol–water partition coefficient (Wildman–Crippen LogP) is 0.395. The average molecular weight is 154 g/mol. The van der Waals surface area contributed by atoms with Gasteiger partial charge in [0.05, 0.1) is 0 Å². The lowest BCUT2D eigenvalue weighted by Gasteiger charge is -2.16. The number of carboxylic acids is 1. The molecule has 0 bridgehead atoms. The largest absolute Gasteiger partial charge is 0.479 e. The van der Waals surface area contributed by atoms with Crippen molar-refractivity contribution in [2.75, 3.05) is 0 Å². The van der Waals surface area contributed by atoms with Crippen molar-refractivity contribution >= 4 is 17.6 Å². The summed E-state index contributed by atoms with van der Waals surface area (Å²) >= 11 is 5.28. The van der Waals surface area contributed by atoms with E-state index in [0.717, 1.165) is 0 Å². The molecule has 0 aromatic carbocycles. The fourth-order valence-corrected chi connectivity index (χ4v) is 0.278. The minimum atomic E-state index is -1.72. The topological polar surface area (TPSA) is 69.6 Å². The van der Waals surface area contributed by atoms with E-state index in [1.54, 1.807) is 6.92 Å². The van der Waals surface area contributed by atoms with Crippen LogP contribution in [0.5, 0.6) is 0 Å². The van der Waals surface area contributed by atoms with Gasteiger partial charge in [0, 0.05) is 0 Å². The molecular weight excluding hydrogens is 146 g/mol. The molecule has 0 aromatic heterocycles. The van der Waals surface area contributed by atoms with Gasteiger partial charge in [0.2, 0.25) is 5.00 Å². The smallest absolute Gasteiger partial charge is 0.341 e.